The first-order chi connectivity index (χ1) is 8.64. The highest BCUT2D eigenvalue weighted by molar-refractivity contribution is 5.32. The summed E-state index contributed by atoms with van der Waals surface area (Å²) in [6.07, 6.45) is -14.9. The average Bonchev–Trinajstić information content (AvgIpc) is 2.26. The summed E-state index contributed by atoms with van der Waals surface area (Å²) in [7, 11) is 0. The van der Waals surface area contributed by atoms with Crippen molar-refractivity contribution in [3.63, 3.8) is 0 Å². The molecule has 1 rings (SSSR count). The molecule has 2 nitrogen and oxygen atoms in total. The van der Waals surface area contributed by atoms with E-state index < -0.39 is 25.1 Å². The molecule has 0 aliphatic carbocycles. The lowest BCUT2D eigenvalue weighted by Gasteiger charge is -2.23. The lowest BCUT2D eigenvalue weighted by molar-refractivity contribution is -0.324. The molecule has 19 heavy (non-hydrogen) atoms. The fourth-order valence-corrected chi connectivity index (χ4v) is 1.28. The molecule has 0 amide bonds. The Morgan fingerprint density at radius 3 is 2.16 bits per heavy atom. The number of nitrogens with zero attached hydrogens (tertiary/aromatic N) is 1. The first-order valence-electron chi connectivity index (χ1n) is 4.88. The van der Waals surface area contributed by atoms with Gasteiger partial charge < -0.3 is 4.74 Å². The maximum absolute atomic E-state index is 12.2. The summed E-state index contributed by atoms with van der Waals surface area (Å²) >= 11 is 0. The van der Waals surface area contributed by atoms with Crippen LogP contribution >= 0.6 is 0 Å². The van der Waals surface area contributed by atoms with Crippen LogP contribution in [0.3, 0.4) is 0 Å². The maximum Gasteiger partial charge on any atom is 0.423 e. The predicted molar refractivity (Wildman–Crippen MR) is 51.8 cm³/mol. The highest BCUT2D eigenvalue weighted by atomic mass is 19.4. The number of hydrogen-bond donors (Lipinski definition) is 0. The van der Waals surface area contributed by atoms with Gasteiger partial charge in [-0.1, -0.05) is 12.1 Å². The molecule has 1 aromatic carbocycles. The molecule has 0 aliphatic rings. The van der Waals surface area contributed by atoms with Crippen molar-refractivity contribution in [2.45, 2.75) is 25.1 Å². The molecule has 0 N–H and O–H groups in total. The van der Waals surface area contributed by atoms with Crippen LogP contribution in [0.2, 0.25) is 0 Å². The van der Waals surface area contributed by atoms with E-state index >= 15 is 0 Å². The van der Waals surface area contributed by atoms with Gasteiger partial charge >= 0.3 is 12.4 Å². The van der Waals surface area contributed by atoms with Crippen molar-refractivity contribution in [3.05, 3.63) is 35.4 Å². The van der Waals surface area contributed by atoms with Crippen LogP contribution in [0.5, 0.6) is 0 Å². The molecule has 0 bridgehead atoms. The largest absolute Gasteiger partial charge is 0.423 e. The van der Waals surface area contributed by atoms with E-state index in [1.807, 2.05) is 0 Å². The highest BCUT2D eigenvalue weighted by Crippen LogP contribution is 2.36. The Bertz CT molecular complexity index is 459. The Morgan fingerprint density at radius 2 is 1.68 bits per heavy atom. The molecule has 0 fully saturated rings. The standard InChI is InChI=1S/C11H7F6NO/c12-10(13,14)9(11(15,16)17)19-6-8-3-1-2-7(4-8)5-18/h1-4,9H,6H2. The van der Waals surface area contributed by atoms with Crippen molar-refractivity contribution in [3.8, 4) is 6.07 Å². The van der Waals surface area contributed by atoms with Crippen LogP contribution in [0, 0.1) is 11.3 Å². The van der Waals surface area contributed by atoms with E-state index in [9.17, 15) is 26.3 Å². The number of hydrogen-bond acceptors (Lipinski definition) is 2. The smallest absolute Gasteiger partial charge is 0.356 e. The molecule has 104 valence electrons. The predicted octanol–water partition coefficient (Wildman–Crippen LogP) is 3.57. The molecule has 0 spiro atoms. The van der Waals surface area contributed by atoms with Crippen molar-refractivity contribution in [2.24, 2.45) is 0 Å². The number of alkyl halides is 6. The minimum atomic E-state index is -5.54. The SMILES string of the molecule is N#Cc1cccc(COC(C(F)(F)F)C(F)(F)F)c1. The number of rotatable bonds is 3. The molecule has 0 atom stereocenters. The summed E-state index contributed by atoms with van der Waals surface area (Å²) in [6, 6.07) is 6.85. The molecule has 1 aromatic rings. The van der Waals surface area contributed by atoms with E-state index in [1.165, 1.54) is 18.2 Å². The fourth-order valence-electron chi connectivity index (χ4n) is 1.28. The van der Waals surface area contributed by atoms with Gasteiger partial charge in [0.05, 0.1) is 18.2 Å². The van der Waals surface area contributed by atoms with Gasteiger partial charge in [0.15, 0.2) is 0 Å². The Balaban J connectivity index is 2.80. The van der Waals surface area contributed by atoms with E-state index in [2.05, 4.69) is 4.74 Å². The van der Waals surface area contributed by atoms with Crippen molar-refractivity contribution in [1.82, 2.24) is 0 Å². The van der Waals surface area contributed by atoms with Crippen molar-refractivity contribution in [1.29, 1.82) is 5.26 Å². The summed E-state index contributed by atoms with van der Waals surface area (Å²) in [5, 5.41) is 8.55. The summed E-state index contributed by atoms with van der Waals surface area (Å²) in [5.74, 6) is 0. The topological polar surface area (TPSA) is 33.0 Å². The zero-order chi connectivity index (χ0) is 14.7. The molecular weight excluding hydrogens is 276 g/mol. The second-order valence-electron chi connectivity index (χ2n) is 3.59. The van der Waals surface area contributed by atoms with E-state index in [-0.39, 0.29) is 11.1 Å². The van der Waals surface area contributed by atoms with Crippen molar-refractivity contribution in [2.75, 3.05) is 0 Å². The monoisotopic (exact) mass is 283 g/mol. The van der Waals surface area contributed by atoms with Gasteiger partial charge in [-0.15, -0.1) is 0 Å². The molecule has 0 unspecified atom stereocenters. The van der Waals surface area contributed by atoms with Gasteiger partial charge in [0.1, 0.15) is 0 Å². The molecule has 0 saturated carbocycles. The number of ether oxygens (including phenoxy) is 1. The summed E-state index contributed by atoms with van der Waals surface area (Å²) in [4.78, 5) is 0. The molecule has 8 heteroatoms. The zero-order valence-electron chi connectivity index (χ0n) is 9.22. The van der Waals surface area contributed by atoms with Gasteiger partial charge in [0.2, 0.25) is 6.10 Å². The Labute approximate surface area is 104 Å². The van der Waals surface area contributed by atoms with E-state index in [0.717, 1.165) is 6.07 Å². The van der Waals surface area contributed by atoms with Crippen LogP contribution in [0.4, 0.5) is 26.3 Å². The third-order valence-electron chi connectivity index (χ3n) is 2.07. The summed E-state index contributed by atoms with van der Waals surface area (Å²) < 4.78 is 76.9. The first kappa shape index (κ1) is 15.3. The molecule has 0 saturated heterocycles. The Kier molecular flexibility index (Phi) is 4.42. The Morgan fingerprint density at radius 1 is 1.11 bits per heavy atom. The van der Waals surface area contributed by atoms with Crippen molar-refractivity contribution < 1.29 is 31.1 Å². The number of nitriles is 1. The molecule has 0 aliphatic heterocycles. The molecule has 0 aromatic heterocycles. The first-order valence-corrected chi connectivity index (χ1v) is 4.88. The molecular formula is C11H7F6NO. The quantitative estimate of drug-likeness (QED) is 0.794. The van der Waals surface area contributed by atoms with Crippen LogP contribution in [0.25, 0.3) is 0 Å². The highest BCUT2D eigenvalue weighted by Gasteiger charge is 2.57. The Hall–Kier alpha value is -1.75. The van der Waals surface area contributed by atoms with Crippen molar-refractivity contribution >= 4 is 0 Å². The molecule has 0 radical (unpaired) electrons. The summed E-state index contributed by atoms with van der Waals surface area (Å²) in [5.41, 5.74) is 0.175. The second-order valence-corrected chi connectivity index (χ2v) is 3.59. The van der Waals surface area contributed by atoms with Crippen LogP contribution in [-0.4, -0.2) is 18.5 Å². The number of halogens is 6. The van der Waals surface area contributed by atoms with Gasteiger partial charge in [0, 0.05) is 0 Å². The van der Waals surface area contributed by atoms with Gasteiger partial charge in [-0.3, -0.25) is 0 Å². The third kappa shape index (κ3) is 4.44. The maximum atomic E-state index is 12.2. The number of benzene rings is 1. The van der Waals surface area contributed by atoms with E-state index in [4.69, 9.17) is 5.26 Å². The lowest BCUT2D eigenvalue weighted by atomic mass is 10.1. The normalized spacial score (nSPS) is 12.5. The van der Waals surface area contributed by atoms with Crippen LogP contribution in [-0.2, 0) is 11.3 Å². The van der Waals surface area contributed by atoms with E-state index in [1.54, 1.807) is 6.07 Å². The lowest BCUT2D eigenvalue weighted by Crippen LogP contribution is -2.44. The van der Waals surface area contributed by atoms with Gasteiger partial charge in [-0.2, -0.15) is 31.6 Å². The van der Waals surface area contributed by atoms with Crippen LogP contribution in [0.1, 0.15) is 11.1 Å². The van der Waals surface area contributed by atoms with Gasteiger partial charge in [0.25, 0.3) is 0 Å². The van der Waals surface area contributed by atoms with Crippen LogP contribution < -0.4 is 0 Å². The fraction of sp³-hybridized carbons (Fsp3) is 0.364. The van der Waals surface area contributed by atoms with Gasteiger partial charge in [-0.25, -0.2) is 0 Å². The third-order valence-corrected chi connectivity index (χ3v) is 2.07. The minimum Gasteiger partial charge on any atom is -0.356 e. The van der Waals surface area contributed by atoms with Gasteiger partial charge in [-0.05, 0) is 17.7 Å². The molecule has 0 heterocycles. The second kappa shape index (κ2) is 5.48. The minimum absolute atomic E-state index is 0.0533. The zero-order valence-corrected chi connectivity index (χ0v) is 9.22. The average molecular weight is 283 g/mol. The summed E-state index contributed by atoms with van der Waals surface area (Å²) in [6.45, 7) is -0.890. The van der Waals surface area contributed by atoms with E-state index in [0.29, 0.717) is 0 Å². The van der Waals surface area contributed by atoms with Crippen LogP contribution in [0.15, 0.2) is 24.3 Å².